The summed E-state index contributed by atoms with van der Waals surface area (Å²) in [5, 5.41) is 0. The van der Waals surface area contributed by atoms with Crippen molar-refractivity contribution in [3.05, 3.63) is 29.2 Å². The lowest BCUT2D eigenvalue weighted by atomic mass is 10.2. The number of furan rings is 1. The Morgan fingerprint density at radius 3 is 2.75 bits per heavy atom. The first-order valence-corrected chi connectivity index (χ1v) is 3.98. The summed E-state index contributed by atoms with van der Waals surface area (Å²) in [6, 6.07) is 3.73. The summed E-state index contributed by atoms with van der Waals surface area (Å²) in [6.07, 6.45) is 3.36. The third-order valence-corrected chi connectivity index (χ3v) is 1.65. The van der Waals surface area contributed by atoms with Crippen LogP contribution in [0.15, 0.2) is 22.1 Å². The maximum absolute atomic E-state index is 10.4. The van der Waals surface area contributed by atoms with Crippen molar-refractivity contribution >= 4 is 12.4 Å². The molecule has 0 radical (unpaired) electrons. The predicted molar refractivity (Wildman–Crippen MR) is 47.8 cm³/mol. The number of aldehydes is 1. The van der Waals surface area contributed by atoms with E-state index in [1.807, 2.05) is 26.0 Å². The van der Waals surface area contributed by atoms with Gasteiger partial charge in [0.15, 0.2) is 0 Å². The van der Waals surface area contributed by atoms with Gasteiger partial charge in [0.05, 0.1) is 0 Å². The molecule has 64 valence electrons. The smallest absolute Gasteiger partial charge is 0.146 e. The summed E-state index contributed by atoms with van der Waals surface area (Å²) in [4.78, 5) is 10.4. The van der Waals surface area contributed by atoms with E-state index in [0.717, 1.165) is 29.8 Å². The van der Waals surface area contributed by atoms with Crippen molar-refractivity contribution in [3.8, 4) is 0 Å². The van der Waals surface area contributed by atoms with Gasteiger partial charge in [0, 0.05) is 0 Å². The Hall–Kier alpha value is -1.31. The number of rotatable bonds is 3. The number of hydrogen-bond donors (Lipinski definition) is 0. The van der Waals surface area contributed by atoms with Crippen LogP contribution in [0.3, 0.4) is 0 Å². The zero-order chi connectivity index (χ0) is 8.97. The number of carbonyl (C=O) groups excluding carboxylic acids is 1. The molecular formula is C10H12O2. The van der Waals surface area contributed by atoms with Crippen molar-refractivity contribution in [1.29, 1.82) is 0 Å². The van der Waals surface area contributed by atoms with Crippen molar-refractivity contribution in [2.75, 3.05) is 0 Å². The van der Waals surface area contributed by atoms with Gasteiger partial charge in [-0.2, -0.15) is 0 Å². The molecule has 0 N–H and O–H groups in total. The van der Waals surface area contributed by atoms with Gasteiger partial charge in [-0.05, 0) is 37.1 Å². The lowest BCUT2D eigenvalue weighted by molar-refractivity contribution is -0.104. The minimum atomic E-state index is 0.739. The van der Waals surface area contributed by atoms with Crippen LogP contribution in [0.4, 0.5) is 0 Å². The molecule has 0 unspecified atom stereocenters. The molecule has 0 aliphatic heterocycles. The number of allylic oxidation sites excluding steroid dienone is 1. The number of aryl methyl sites for hydroxylation is 1. The monoisotopic (exact) mass is 164 g/mol. The average Bonchev–Trinajstić information content (AvgIpc) is 2.47. The molecule has 2 heteroatoms. The van der Waals surface area contributed by atoms with Crippen LogP contribution in [-0.2, 0) is 4.79 Å². The molecule has 0 saturated heterocycles. The standard InChI is InChI=1S/C10H12O2/c1-3-9(7-11)6-10-5-4-8(2)12-10/h4-7H,3H2,1-2H3. The van der Waals surface area contributed by atoms with Gasteiger partial charge < -0.3 is 4.42 Å². The fraction of sp³-hybridized carbons (Fsp3) is 0.300. The van der Waals surface area contributed by atoms with Crippen LogP contribution < -0.4 is 0 Å². The first-order valence-electron chi connectivity index (χ1n) is 3.98. The van der Waals surface area contributed by atoms with Crippen LogP contribution in [0, 0.1) is 6.92 Å². The lowest BCUT2D eigenvalue weighted by Crippen LogP contribution is -1.79. The number of carbonyl (C=O) groups is 1. The van der Waals surface area contributed by atoms with Crippen molar-refractivity contribution in [2.24, 2.45) is 0 Å². The van der Waals surface area contributed by atoms with Crippen LogP contribution in [0.1, 0.15) is 24.9 Å². The van der Waals surface area contributed by atoms with E-state index in [2.05, 4.69) is 0 Å². The van der Waals surface area contributed by atoms with Gasteiger partial charge in [-0.25, -0.2) is 0 Å². The molecule has 1 rings (SSSR count). The Kier molecular flexibility index (Phi) is 2.86. The zero-order valence-electron chi connectivity index (χ0n) is 7.33. The van der Waals surface area contributed by atoms with Gasteiger partial charge in [0.2, 0.25) is 0 Å². The van der Waals surface area contributed by atoms with Gasteiger partial charge in [-0.15, -0.1) is 0 Å². The highest BCUT2D eigenvalue weighted by molar-refractivity contribution is 5.80. The van der Waals surface area contributed by atoms with E-state index < -0.39 is 0 Å². The maximum Gasteiger partial charge on any atom is 0.146 e. The highest BCUT2D eigenvalue weighted by atomic mass is 16.3. The van der Waals surface area contributed by atoms with E-state index in [1.165, 1.54) is 0 Å². The van der Waals surface area contributed by atoms with E-state index in [-0.39, 0.29) is 0 Å². The molecule has 1 aromatic heterocycles. The van der Waals surface area contributed by atoms with Gasteiger partial charge in [-0.1, -0.05) is 6.92 Å². The Balaban J connectivity index is 2.85. The van der Waals surface area contributed by atoms with E-state index in [0.29, 0.717) is 0 Å². The third kappa shape index (κ3) is 2.09. The summed E-state index contributed by atoms with van der Waals surface area (Å²) >= 11 is 0. The molecule has 1 aromatic rings. The van der Waals surface area contributed by atoms with Gasteiger partial charge in [0.25, 0.3) is 0 Å². The van der Waals surface area contributed by atoms with Crippen LogP contribution in [0.2, 0.25) is 0 Å². The summed E-state index contributed by atoms with van der Waals surface area (Å²) < 4.78 is 5.28. The highest BCUT2D eigenvalue weighted by Gasteiger charge is 1.96. The lowest BCUT2D eigenvalue weighted by Gasteiger charge is -1.90. The van der Waals surface area contributed by atoms with E-state index >= 15 is 0 Å². The second-order valence-electron chi connectivity index (χ2n) is 2.64. The van der Waals surface area contributed by atoms with Crippen LogP contribution in [0.25, 0.3) is 6.08 Å². The molecule has 12 heavy (non-hydrogen) atoms. The quantitative estimate of drug-likeness (QED) is 0.507. The van der Waals surface area contributed by atoms with Crippen molar-refractivity contribution in [1.82, 2.24) is 0 Å². The van der Waals surface area contributed by atoms with Crippen molar-refractivity contribution < 1.29 is 9.21 Å². The minimum Gasteiger partial charge on any atom is -0.462 e. The molecular weight excluding hydrogens is 152 g/mol. The molecule has 0 aliphatic carbocycles. The molecule has 0 aromatic carbocycles. The Morgan fingerprint density at radius 2 is 2.33 bits per heavy atom. The first-order chi connectivity index (χ1) is 5.76. The Labute approximate surface area is 71.9 Å². The Morgan fingerprint density at radius 1 is 1.58 bits per heavy atom. The largest absolute Gasteiger partial charge is 0.462 e. The molecule has 0 fully saturated rings. The number of hydrogen-bond acceptors (Lipinski definition) is 2. The van der Waals surface area contributed by atoms with Gasteiger partial charge >= 0.3 is 0 Å². The molecule has 1 heterocycles. The van der Waals surface area contributed by atoms with Crippen LogP contribution in [-0.4, -0.2) is 6.29 Å². The van der Waals surface area contributed by atoms with Crippen molar-refractivity contribution in [2.45, 2.75) is 20.3 Å². The molecule has 0 atom stereocenters. The summed E-state index contributed by atoms with van der Waals surface area (Å²) in [5.74, 6) is 1.61. The topological polar surface area (TPSA) is 30.2 Å². The predicted octanol–water partition coefficient (Wildman–Crippen LogP) is 2.58. The second-order valence-corrected chi connectivity index (χ2v) is 2.64. The molecule has 2 nitrogen and oxygen atoms in total. The normalized spacial score (nSPS) is 11.7. The molecule has 0 saturated carbocycles. The fourth-order valence-corrected chi connectivity index (χ4v) is 0.933. The Bertz CT molecular complexity index is 295. The van der Waals surface area contributed by atoms with E-state index in [4.69, 9.17) is 4.42 Å². The third-order valence-electron chi connectivity index (χ3n) is 1.65. The van der Waals surface area contributed by atoms with Crippen LogP contribution in [0.5, 0.6) is 0 Å². The van der Waals surface area contributed by atoms with Gasteiger partial charge in [0.1, 0.15) is 17.8 Å². The fourth-order valence-electron chi connectivity index (χ4n) is 0.933. The SMILES string of the molecule is CCC(C=O)=Cc1ccc(C)o1. The van der Waals surface area contributed by atoms with E-state index in [1.54, 1.807) is 6.08 Å². The minimum absolute atomic E-state index is 0.739. The molecule has 0 bridgehead atoms. The second kappa shape index (κ2) is 3.90. The molecule has 0 aliphatic rings. The summed E-state index contributed by atoms with van der Waals surface area (Å²) in [6.45, 7) is 3.82. The van der Waals surface area contributed by atoms with E-state index in [9.17, 15) is 4.79 Å². The first kappa shape index (κ1) is 8.78. The molecule has 0 spiro atoms. The van der Waals surface area contributed by atoms with Gasteiger partial charge in [-0.3, -0.25) is 4.79 Å². The highest BCUT2D eigenvalue weighted by Crippen LogP contribution is 2.11. The molecule has 0 amide bonds. The average molecular weight is 164 g/mol. The summed E-state index contributed by atoms with van der Waals surface area (Å²) in [7, 11) is 0. The maximum atomic E-state index is 10.4. The van der Waals surface area contributed by atoms with Crippen molar-refractivity contribution in [3.63, 3.8) is 0 Å². The summed E-state index contributed by atoms with van der Waals surface area (Å²) in [5.41, 5.74) is 0.754. The van der Waals surface area contributed by atoms with Crippen LogP contribution >= 0.6 is 0 Å². The zero-order valence-corrected chi connectivity index (χ0v) is 7.33.